The van der Waals surface area contributed by atoms with E-state index in [0.29, 0.717) is 13.0 Å². The van der Waals surface area contributed by atoms with Crippen LogP contribution in [0.15, 0.2) is 0 Å². The molecule has 7 heteroatoms. The quantitative estimate of drug-likeness (QED) is 0.678. The predicted octanol–water partition coefficient (Wildman–Crippen LogP) is -0.651. The SMILES string of the molecule is CNC1(C(N)=O)CCCC(N(C)CCS(C)(=O)=O)C1. The third-order valence-electron chi connectivity index (χ3n) is 4.11. The van der Waals surface area contributed by atoms with E-state index in [4.69, 9.17) is 5.73 Å². The third-order valence-corrected chi connectivity index (χ3v) is 5.04. The predicted molar refractivity (Wildman–Crippen MR) is 75.6 cm³/mol. The lowest BCUT2D eigenvalue weighted by Crippen LogP contribution is -2.59. The van der Waals surface area contributed by atoms with E-state index in [-0.39, 0.29) is 17.7 Å². The highest BCUT2D eigenvalue weighted by molar-refractivity contribution is 7.90. The Morgan fingerprint density at radius 2 is 2.16 bits per heavy atom. The van der Waals surface area contributed by atoms with Gasteiger partial charge in [-0.15, -0.1) is 0 Å². The molecule has 1 fully saturated rings. The van der Waals surface area contributed by atoms with Crippen LogP contribution in [0.5, 0.6) is 0 Å². The van der Waals surface area contributed by atoms with E-state index in [2.05, 4.69) is 5.32 Å². The summed E-state index contributed by atoms with van der Waals surface area (Å²) >= 11 is 0. The molecule has 1 rings (SSSR count). The molecular formula is C12H25N3O3S. The summed E-state index contributed by atoms with van der Waals surface area (Å²) in [5.41, 5.74) is 4.85. The van der Waals surface area contributed by atoms with Gasteiger partial charge < -0.3 is 16.0 Å². The fraction of sp³-hybridized carbons (Fsp3) is 0.917. The van der Waals surface area contributed by atoms with E-state index in [1.165, 1.54) is 6.26 Å². The van der Waals surface area contributed by atoms with Gasteiger partial charge in [0.1, 0.15) is 9.84 Å². The Morgan fingerprint density at radius 1 is 1.53 bits per heavy atom. The van der Waals surface area contributed by atoms with Gasteiger partial charge in [-0.1, -0.05) is 0 Å². The van der Waals surface area contributed by atoms with Crippen LogP contribution in [0, 0.1) is 0 Å². The van der Waals surface area contributed by atoms with Gasteiger partial charge >= 0.3 is 0 Å². The summed E-state index contributed by atoms with van der Waals surface area (Å²) in [6.07, 6.45) is 4.51. The smallest absolute Gasteiger partial charge is 0.237 e. The van der Waals surface area contributed by atoms with Crippen LogP contribution in [-0.2, 0) is 14.6 Å². The topological polar surface area (TPSA) is 92.5 Å². The summed E-state index contributed by atoms with van der Waals surface area (Å²) in [4.78, 5) is 13.7. The molecule has 0 aromatic heterocycles. The molecule has 1 aliphatic rings. The van der Waals surface area contributed by atoms with E-state index in [1.807, 2.05) is 11.9 Å². The zero-order valence-corrected chi connectivity index (χ0v) is 12.8. The molecule has 0 bridgehead atoms. The Balaban J connectivity index is 2.66. The highest BCUT2D eigenvalue weighted by Gasteiger charge is 2.41. The summed E-state index contributed by atoms with van der Waals surface area (Å²) < 4.78 is 22.4. The Bertz CT molecular complexity index is 424. The van der Waals surface area contributed by atoms with Gasteiger partial charge in [0.25, 0.3) is 0 Å². The van der Waals surface area contributed by atoms with Gasteiger partial charge in [0.15, 0.2) is 0 Å². The maximum absolute atomic E-state index is 11.6. The molecule has 112 valence electrons. The number of nitrogens with zero attached hydrogens (tertiary/aromatic N) is 1. The average molecular weight is 291 g/mol. The van der Waals surface area contributed by atoms with Crippen molar-refractivity contribution in [3.63, 3.8) is 0 Å². The maximum atomic E-state index is 11.6. The van der Waals surface area contributed by atoms with Gasteiger partial charge in [-0.05, 0) is 39.8 Å². The van der Waals surface area contributed by atoms with Crippen LogP contribution < -0.4 is 11.1 Å². The number of sulfone groups is 1. The number of nitrogens with one attached hydrogen (secondary N) is 1. The van der Waals surface area contributed by atoms with Crippen LogP contribution in [0.25, 0.3) is 0 Å². The van der Waals surface area contributed by atoms with Gasteiger partial charge in [-0.2, -0.15) is 0 Å². The first-order valence-electron chi connectivity index (χ1n) is 6.57. The first-order valence-corrected chi connectivity index (χ1v) is 8.63. The zero-order chi connectivity index (χ0) is 14.7. The number of hydrogen-bond donors (Lipinski definition) is 2. The summed E-state index contributed by atoms with van der Waals surface area (Å²) in [5, 5.41) is 3.05. The molecule has 0 heterocycles. The minimum atomic E-state index is -2.96. The molecule has 1 amide bonds. The first kappa shape index (κ1) is 16.4. The molecule has 0 saturated heterocycles. The van der Waals surface area contributed by atoms with Gasteiger partial charge in [-0.25, -0.2) is 8.42 Å². The van der Waals surface area contributed by atoms with Crippen LogP contribution in [0.3, 0.4) is 0 Å². The number of nitrogens with two attached hydrogens (primary N) is 1. The van der Waals surface area contributed by atoms with Crippen molar-refractivity contribution in [2.75, 3.05) is 32.6 Å². The average Bonchev–Trinajstić information content (AvgIpc) is 2.34. The zero-order valence-electron chi connectivity index (χ0n) is 12.0. The lowest BCUT2D eigenvalue weighted by atomic mass is 9.78. The number of likely N-dealkylation sites (N-methyl/N-ethyl adjacent to an activating group) is 1. The van der Waals surface area contributed by atoms with E-state index >= 15 is 0 Å². The third kappa shape index (κ3) is 4.43. The number of carbonyl (C=O) groups is 1. The van der Waals surface area contributed by atoms with E-state index < -0.39 is 15.4 Å². The van der Waals surface area contributed by atoms with Crippen molar-refractivity contribution < 1.29 is 13.2 Å². The molecule has 0 aromatic carbocycles. The standard InChI is InChI=1S/C12H25N3O3S/c1-14-12(11(13)16)6-4-5-10(9-12)15(2)7-8-19(3,17)18/h10,14H,4-9H2,1-3H3,(H2,13,16). The Labute approximate surface area is 115 Å². The van der Waals surface area contributed by atoms with Crippen molar-refractivity contribution >= 4 is 15.7 Å². The molecule has 2 atom stereocenters. The van der Waals surface area contributed by atoms with Crippen molar-refractivity contribution in [3.8, 4) is 0 Å². The van der Waals surface area contributed by atoms with Gasteiger partial charge in [0.2, 0.25) is 5.91 Å². The second-order valence-electron chi connectivity index (χ2n) is 5.56. The summed E-state index contributed by atoms with van der Waals surface area (Å²) in [5.74, 6) is -0.181. The van der Waals surface area contributed by atoms with Crippen molar-refractivity contribution in [2.24, 2.45) is 5.73 Å². The van der Waals surface area contributed by atoms with E-state index in [0.717, 1.165) is 19.3 Å². The normalized spacial score (nSPS) is 28.5. The van der Waals surface area contributed by atoms with Crippen LogP contribution in [-0.4, -0.2) is 63.5 Å². The number of carbonyl (C=O) groups excluding carboxylic acids is 1. The van der Waals surface area contributed by atoms with Gasteiger partial charge in [-0.3, -0.25) is 4.79 Å². The summed E-state index contributed by atoms with van der Waals surface area (Å²) in [6, 6.07) is 0.190. The fourth-order valence-electron chi connectivity index (χ4n) is 2.69. The maximum Gasteiger partial charge on any atom is 0.237 e. The molecule has 19 heavy (non-hydrogen) atoms. The summed E-state index contributed by atoms with van der Waals surface area (Å²) in [7, 11) is 0.702. The molecule has 6 nitrogen and oxygen atoms in total. The Kier molecular flexibility index (Phi) is 5.34. The van der Waals surface area contributed by atoms with Crippen LogP contribution >= 0.6 is 0 Å². The van der Waals surface area contributed by atoms with Crippen molar-refractivity contribution in [1.82, 2.24) is 10.2 Å². The monoisotopic (exact) mass is 291 g/mol. The molecule has 0 aromatic rings. The van der Waals surface area contributed by atoms with Gasteiger partial charge in [0.05, 0.1) is 11.3 Å². The van der Waals surface area contributed by atoms with E-state index in [9.17, 15) is 13.2 Å². The molecule has 0 spiro atoms. The van der Waals surface area contributed by atoms with E-state index in [1.54, 1.807) is 7.05 Å². The molecule has 3 N–H and O–H groups in total. The highest BCUT2D eigenvalue weighted by atomic mass is 32.2. The number of primary amides is 1. The van der Waals surface area contributed by atoms with Crippen molar-refractivity contribution in [2.45, 2.75) is 37.3 Å². The van der Waals surface area contributed by atoms with Crippen molar-refractivity contribution in [3.05, 3.63) is 0 Å². The van der Waals surface area contributed by atoms with Crippen LogP contribution in [0.1, 0.15) is 25.7 Å². The second kappa shape index (κ2) is 6.19. The molecular weight excluding hydrogens is 266 g/mol. The number of rotatable bonds is 6. The Morgan fingerprint density at radius 3 is 2.63 bits per heavy atom. The first-order chi connectivity index (χ1) is 8.70. The van der Waals surface area contributed by atoms with Crippen LogP contribution in [0.4, 0.5) is 0 Å². The fourth-order valence-corrected chi connectivity index (χ4v) is 3.31. The molecule has 2 unspecified atom stereocenters. The van der Waals surface area contributed by atoms with Crippen molar-refractivity contribution in [1.29, 1.82) is 0 Å². The van der Waals surface area contributed by atoms with Gasteiger partial charge in [0, 0.05) is 18.8 Å². The number of amides is 1. The molecule has 0 radical (unpaired) electrons. The molecule has 1 saturated carbocycles. The minimum Gasteiger partial charge on any atom is -0.368 e. The molecule has 1 aliphatic carbocycles. The summed E-state index contributed by atoms with van der Waals surface area (Å²) in [6.45, 7) is 0.488. The highest BCUT2D eigenvalue weighted by Crippen LogP contribution is 2.30. The second-order valence-corrected chi connectivity index (χ2v) is 7.82. The minimum absolute atomic E-state index is 0.142. The molecule has 0 aliphatic heterocycles. The number of hydrogen-bond acceptors (Lipinski definition) is 5. The lowest BCUT2D eigenvalue weighted by Gasteiger charge is -2.41. The van der Waals surface area contributed by atoms with Crippen LogP contribution in [0.2, 0.25) is 0 Å². The largest absolute Gasteiger partial charge is 0.368 e. The lowest BCUT2D eigenvalue weighted by molar-refractivity contribution is -0.126. The Hall–Kier alpha value is -0.660.